The zero-order valence-corrected chi connectivity index (χ0v) is 94.5. The molecule has 0 aliphatic heterocycles. The molecule has 0 N–H and O–H groups in total. The second kappa shape index (κ2) is 55.4. The molecule has 1 saturated carbocycles. The molecule has 0 atom stereocenters. The summed E-state index contributed by atoms with van der Waals surface area (Å²) in [6, 6.07) is 108. The van der Waals surface area contributed by atoms with Gasteiger partial charge in [-0.1, -0.05) is 432 Å². The largest absolute Gasteiger partial charge is 0.0918 e. The third-order valence-corrected chi connectivity index (χ3v) is 27.9. The van der Waals surface area contributed by atoms with Gasteiger partial charge in [0.15, 0.2) is 0 Å². The molecule has 17 aromatic rings. The third-order valence-electron chi connectivity index (χ3n) is 27.9. The number of aryl methyl sites for hydroxylation is 18. The Bertz CT molecular complexity index is 6680. The molecule has 0 bridgehead atoms. The van der Waals surface area contributed by atoms with Gasteiger partial charge < -0.3 is 0 Å². The van der Waals surface area contributed by atoms with Crippen molar-refractivity contribution in [2.24, 2.45) is 35.5 Å². The van der Waals surface area contributed by atoms with Crippen molar-refractivity contribution in [1.29, 1.82) is 0 Å². The highest BCUT2D eigenvalue weighted by atomic mass is 14.5. The van der Waals surface area contributed by atoms with Crippen LogP contribution in [-0.2, 0) is 19.3 Å². The van der Waals surface area contributed by atoms with Crippen molar-refractivity contribution in [2.45, 2.75) is 241 Å². The van der Waals surface area contributed by atoms with Crippen molar-refractivity contribution in [3.8, 4) is 104 Å². The van der Waals surface area contributed by atoms with Crippen LogP contribution in [0.3, 0.4) is 0 Å². The van der Waals surface area contributed by atoms with Gasteiger partial charge in [0, 0.05) is 33.4 Å². The summed E-state index contributed by atoms with van der Waals surface area (Å²) in [6.07, 6.45) is 3.21. The summed E-state index contributed by atoms with van der Waals surface area (Å²) in [5, 5.41) is 10.9. The Hall–Kier alpha value is -14.9. The van der Waals surface area contributed by atoms with Gasteiger partial charge in [-0.25, -0.2) is 0 Å². The van der Waals surface area contributed by atoms with Crippen LogP contribution in [0.25, 0.3) is 76.5 Å². The monoisotopic (exact) mass is 1920 g/mol. The molecular weight excluding hydrogens is 1770 g/mol. The number of rotatable bonds is 0. The molecule has 0 radical (unpaired) electrons. The Labute approximate surface area is 887 Å². The first-order valence-electron chi connectivity index (χ1n) is 54.1. The van der Waals surface area contributed by atoms with Gasteiger partial charge in [0.2, 0.25) is 0 Å². The van der Waals surface area contributed by atoms with Crippen LogP contribution < -0.4 is 0 Å². The van der Waals surface area contributed by atoms with Gasteiger partial charge in [0.25, 0.3) is 0 Å². The number of hydrogen-bond donors (Lipinski definition) is 0. The maximum absolute atomic E-state index is 3.78. The first-order valence-corrected chi connectivity index (χ1v) is 54.1. The number of fused-ring (bicyclic) bond motifs is 19. The molecule has 147 heavy (non-hydrogen) atoms. The lowest BCUT2D eigenvalue weighted by Gasteiger charge is -2.42. The molecule has 4 aliphatic carbocycles. The van der Waals surface area contributed by atoms with E-state index in [1.165, 1.54) is 177 Å². The average Bonchev–Trinajstić information content (AvgIpc) is 1.53. The van der Waals surface area contributed by atoms with E-state index in [4.69, 9.17) is 0 Å². The minimum atomic E-state index is -0.311. The van der Waals surface area contributed by atoms with E-state index < -0.39 is 0 Å². The molecule has 4 aliphatic rings. The summed E-state index contributed by atoms with van der Waals surface area (Å²) in [4.78, 5) is 0. The molecule has 0 heterocycles. The molecule has 21 rings (SSSR count). The Morgan fingerprint density at radius 2 is 0.306 bits per heavy atom. The molecule has 746 valence electrons. The Morgan fingerprint density at radius 3 is 0.463 bits per heavy atom. The highest BCUT2D eigenvalue weighted by Gasteiger charge is 2.49. The molecule has 0 amide bonds. The van der Waals surface area contributed by atoms with Gasteiger partial charge in [-0.05, 0) is 393 Å². The van der Waals surface area contributed by atoms with Crippen LogP contribution in [0.15, 0.2) is 303 Å². The van der Waals surface area contributed by atoms with E-state index in [-0.39, 0.29) is 35.5 Å². The van der Waals surface area contributed by atoms with Gasteiger partial charge in [-0.15, -0.1) is 0 Å². The molecule has 0 spiro atoms. The molecule has 0 nitrogen and oxygen atoms in total. The minimum absolute atomic E-state index is 0.311. The summed E-state index contributed by atoms with van der Waals surface area (Å²) < 4.78 is 0. The first-order chi connectivity index (χ1) is 71.3. The third kappa shape index (κ3) is 28.1. The molecule has 0 unspecified atom stereocenters. The molecule has 0 heteroatoms. The molecule has 17 aromatic carbocycles. The van der Waals surface area contributed by atoms with Crippen LogP contribution in [-0.4, -0.2) is 0 Å². The Morgan fingerprint density at radius 1 is 0.163 bits per heavy atom. The maximum atomic E-state index is 3.78. The van der Waals surface area contributed by atoms with Gasteiger partial charge >= 0.3 is 0 Å². The first kappa shape index (κ1) is 114. The maximum Gasteiger partial charge on any atom is 0.0507 e. The molecule has 1 fully saturated rings. The standard InChI is InChI=1S/C60H48.C33H30.C24H24.C10H8.C6H6.7C2H6/c1-43-7-19-49(20-8-43)31-37-55-56(38-32-50-21-9-44(2)10-22-50)58(40-34-52-25-13-46(4)14-26-52)60(42-36-54-29-17-48(6)18-30-54)59(41-35-53-27-15-47(5)16-28-53)57(55)39-33-51-23-11-45(3)12-24-51;1-16-7-22-13-28-31(25(22)10-19(16)4)29-14-23-8-17(2)21(6)12-27(23)33(29)30-15-24-9-18(3)20(5)11-26(24)32(28)30;1-13-7-19-20(8-14(13)2)22-10-16(4)18(6)12-24(22)23-11-17(5)15(3)9-21(19)23;1-2-6-10-8-4-3-7-9(10)5-1;1-2-4-6-5-3-1;7*1-2/h7-30,55-60H,1-6H3;7-12H,13-15H2,1-6H3;7-12H,1-6H3;1-8H;1-6H;7*1-2H3. The fourth-order valence-corrected chi connectivity index (χ4v) is 19.3. The van der Waals surface area contributed by atoms with E-state index in [0.717, 1.165) is 52.6 Å². The zero-order chi connectivity index (χ0) is 107. The van der Waals surface area contributed by atoms with E-state index in [0.29, 0.717) is 0 Å². The van der Waals surface area contributed by atoms with Crippen LogP contribution in [0.2, 0.25) is 0 Å². The fraction of sp³-hybridized carbons (Fsp3) is 0.279. The lowest BCUT2D eigenvalue weighted by Crippen LogP contribution is -2.44. The van der Waals surface area contributed by atoms with E-state index in [1.54, 1.807) is 33.4 Å². The lowest BCUT2D eigenvalue weighted by molar-refractivity contribution is 0.159. The molecule has 0 aromatic heterocycles. The summed E-state index contributed by atoms with van der Waals surface area (Å²) in [7, 11) is 0. The van der Waals surface area contributed by atoms with Crippen molar-refractivity contribution in [1.82, 2.24) is 0 Å². The van der Waals surface area contributed by atoms with Crippen LogP contribution in [0.5, 0.6) is 0 Å². The minimum Gasteiger partial charge on any atom is -0.0918 e. The van der Waals surface area contributed by atoms with Crippen LogP contribution in [0.4, 0.5) is 0 Å². The fourth-order valence-electron chi connectivity index (χ4n) is 19.3. The molecule has 0 saturated heterocycles. The summed E-state index contributed by atoms with van der Waals surface area (Å²) >= 11 is 0. The van der Waals surface area contributed by atoms with Gasteiger partial charge in [0.1, 0.15) is 0 Å². The van der Waals surface area contributed by atoms with Crippen molar-refractivity contribution in [2.75, 3.05) is 0 Å². The van der Waals surface area contributed by atoms with E-state index >= 15 is 0 Å². The summed E-state index contributed by atoms with van der Waals surface area (Å²) in [6.45, 7) is 67.4. The highest BCUT2D eigenvalue weighted by Crippen LogP contribution is 2.58. The summed E-state index contributed by atoms with van der Waals surface area (Å²) in [5.41, 5.74) is 47.9. The average molecular weight is 1920 g/mol. The highest BCUT2D eigenvalue weighted by molar-refractivity contribution is 6.26. The van der Waals surface area contributed by atoms with E-state index in [1.807, 2.05) is 133 Å². The smallest absolute Gasteiger partial charge is 0.0507 e. The SMILES string of the molecule is CC.CC.CC.CC.CC.CC.CC.Cc1cc2c(cc1C)-c1c(c3c(c4c1Cc1cc(C)c(C)cc1-4)Cc1cc(C)c(C)cc1-3)C2.Cc1cc2c3cc(C)c(C)cc3c3cc(C)c(C)cc3c2cc1C.Cc1ccc(C#CC2C(C#Cc3ccc(C)cc3)C(C#Cc3ccc(C)cc3)C(C#Cc3ccc(C)cc3)C(C#Cc3ccc(C)cc3)C2C#Cc2ccc(C)cc2)cc1.c1ccc2ccccc2c1.c1ccccc1. The number of hydrogen-bond acceptors (Lipinski definition) is 0. The lowest BCUT2D eigenvalue weighted by atomic mass is 9.57. The predicted octanol–water partition coefficient (Wildman–Crippen LogP) is 38.8. The van der Waals surface area contributed by atoms with Gasteiger partial charge in [-0.3, -0.25) is 0 Å². The second-order valence-electron chi connectivity index (χ2n) is 37.8. The zero-order valence-electron chi connectivity index (χ0n) is 94.5. The number of benzene rings is 17. The van der Waals surface area contributed by atoms with Gasteiger partial charge in [0.05, 0.1) is 35.5 Å². The van der Waals surface area contributed by atoms with E-state index in [9.17, 15) is 0 Å². The predicted molar refractivity (Wildman–Crippen MR) is 646 cm³/mol. The van der Waals surface area contributed by atoms with Crippen molar-refractivity contribution in [3.63, 3.8) is 0 Å². The topological polar surface area (TPSA) is 0 Å². The van der Waals surface area contributed by atoms with Crippen molar-refractivity contribution in [3.05, 3.63) is 470 Å². The van der Waals surface area contributed by atoms with Gasteiger partial charge in [-0.2, -0.15) is 0 Å². The Kier molecular flexibility index (Phi) is 43.0. The van der Waals surface area contributed by atoms with Crippen LogP contribution in [0.1, 0.15) is 264 Å². The van der Waals surface area contributed by atoms with Crippen LogP contribution >= 0.6 is 0 Å². The second-order valence-corrected chi connectivity index (χ2v) is 37.8. The summed E-state index contributed by atoms with van der Waals surface area (Å²) in [5.74, 6) is 42.3. The van der Waals surface area contributed by atoms with E-state index in [2.05, 4.69) is 463 Å². The van der Waals surface area contributed by atoms with Crippen LogP contribution in [0, 0.1) is 231 Å². The molecular formula is C147H158. The quantitative estimate of drug-likeness (QED) is 0.105. The van der Waals surface area contributed by atoms with Crippen molar-refractivity contribution >= 4 is 43.1 Å². The normalized spacial score (nSPS) is 14.0. The Balaban J connectivity index is 0.000000212. The van der Waals surface area contributed by atoms with Crippen molar-refractivity contribution < 1.29 is 0 Å².